The highest BCUT2D eigenvalue weighted by Gasteiger charge is 2.81. The molecule has 2 bridgehead atoms. The van der Waals surface area contributed by atoms with E-state index in [1.165, 1.54) is 19.3 Å². The first kappa shape index (κ1) is 7.49. The Morgan fingerprint density at radius 2 is 2.14 bits per heavy atom. The molecule has 0 aliphatic heterocycles. The maximum absolute atomic E-state index is 11.2. The molecule has 4 aliphatic rings. The van der Waals surface area contributed by atoms with Gasteiger partial charge in [-0.15, -0.1) is 0 Å². The Labute approximate surface area is 83.0 Å². The van der Waals surface area contributed by atoms with E-state index >= 15 is 0 Å². The molecule has 1 N–H and O–H groups in total. The summed E-state index contributed by atoms with van der Waals surface area (Å²) in [6.07, 6.45) is 8.42. The van der Waals surface area contributed by atoms with Crippen molar-refractivity contribution in [2.75, 3.05) is 0 Å². The lowest BCUT2D eigenvalue weighted by Crippen LogP contribution is -2.19. The van der Waals surface area contributed by atoms with Crippen molar-refractivity contribution in [2.24, 2.45) is 35.0 Å². The molecule has 5 atom stereocenters. The first-order valence-corrected chi connectivity index (χ1v) is 5.67. The number of fused-ring (bicyclic) bond motifs is 5. The summed E-state index contributed by atoms with van der Waals surface area (Å²) in [5.74, 6) is 1.98. The predicted molar refractivity (Wildman–Crippen MR) is 50.5 cm³/mol. The molecule has 0 radical (unpaired) electrons. The first-order valence-electron chi connectivity index (χ1n) is 5.67. The van der Waals surface area contributed by atoms with Crippen LogP contribution in [-0.4, -0.2) is 11.1 Å². The molecule has 0 aromatic rings. The maximum Gasteiger partial charge on any atom is 0.307 e. The zero-order chi connectivity index (χ0) is 9.50. The molecule has 0 amide bonds. The van der Waals surface area contributed by atoms with Gasteiger partial charge in [-0.1, -0.05) is 12.2 Å². The third kappa shape index (κ3) is 0.572. The molecule has 0 aromatic heterocycles. The molecule has 74 valence electrons. The summed E-state index contributed by atoms with van der Waals surface area (Å²) < 4.78 is 0. The largest absolute Gasteiger partial charge is 0.481 e. The Balaban J connectivity index is 1.79. The molecule has 0 heterocycles. The molecule has 0 saturated heterocycles. The minimum atomic E-state index is -0.527. The van der Waals surface area contributed by atoms with Crippen LogP contribution in [0, 0.1) is 35.0 Å². The standard InChI is InChI=1S/C12H14O2/c13-11(14)10-9-6-1-2-8(5-6)12(9,10)7-3-4-7/h1-2,6-10H,3-5H2,(H,13,14). The summed E-state index contributed by atoms with van der Waals surface area (Å²) >= 11 is 0. The van der Waals surface area contributed by atoms with Crippen LogP contribution < -0.4 is 0 Å². The minimum Gasteiger partial charge on any atom is -0.481 e. The van der Waals surface area contributed by atoms with Gasteiger partial charge in [0.2, 0.25) is 0 Å². The van der Waals surface area contributed by atoms with Crippen molar-refractivity contribution in [3.63, 3.8) is 0 Å². The second kappa shape index (κ2) is 1.93. The van der Waals surface area contributed by atoms with E-state index < -0.39 is 5.97 Å². The number of hydrogen-bond acceptors (Lipinski definition) is 1. The van der Waals surface area contributed by atoms with Crippen LogP contribution in [0.15, 0.2) is 12.2 Å². The van der Waals surface area contributed by atoms with Crippen molar-refractivity contribution in [3.8, 4) is 0 Å². The van der Waals surface area contributed by atoms with E-state index in [0.29, 0.717) is 17.8 Å². The van der Waals surface area contributed by atoms with Crippen LogP contribution in [0.5, 0.6) is 0 Å². The molecule has 2 nitrogen and oxygen atoms in total. The van der Waals surface area contributed by atoms with E-state index in [2.05, 4.69) is 12.2 Å². The molecule has 0 spiro atoms. The smallest absolute Gasteiger partial charge is 0.307 e. The average molecular weight is 190 g/mol. The lowest BCUT2D eigenvalue weighted by molar-refractivity contribution is -0.140. The minimum absolute atomic E-state index is 0.00810. The zero-order valence-corrected chi connectivity index (χ0v) is 8.02. The Kier molecular flexibility index (Phi) is 1.03. The summed E-state index contributed by atoms with van der Waals surface area (Å²) in [6, 6.07) is 0. The molecule has 2 heteroatoms. The van der Waals surface area contributed by atoms with Gasteiger partial charge >= 0.3 is 5.97 Å². The number of rotatable bonds is 2. The Hall–Kier alpha value is -0.790. The van der Waals surface area contributed by atoms with Gasteiger partial charge < -0.3 is 5.11 Å². The van der Waals surface area contributed by atoms with Gasteiger partial charge in [0.25, 0.3) is 0 Å². The number of allylic oxidation sites excluding steroid dienone is 2. The van der Waals surface area contributed by atoms with Gasteiger partial charge in [-0.05, 0) is 48.3 Å². The summed E-state index contributed by atoms with van der Waals surface area (Å²) in [6.45, 7) is 0. The Morgan fingerprint density at radius 3 is 2.79 bits per heavy atom. The van der Waals surface area contributed by atoms with Crippen LogP contribution in [0.3, 0.4) is 0 Å². The summed E-state index contributed by atoms with van der Waals surface area (Å²) in [4.78, 5) is 11.2. The van der Waals surface area contributed by atoms with Crippen LogP contribution in [0.4, 0.5) is 0 Å². The number of aliphatic carboxylic acids is 1. The number of carboxylic acid groups (broad SMARTS) is 1. The Bertz CT molecular complexity index is 355. The number of carbonyl (C=O) groups is 1. The van der Waals surface area contributed by atoms with Crippen molar-refractivity contribution < 1.29 is 9.90 Å². The van der Waals surface area contributed by atoms with Gasteiger partial charge in [0.05, 0.1) is 5.92 Å². The summed E-state index contributed by atoms with van der Waals surface area (Å²) in [5.41, 5.74) is 0.241. The van der Waals surface area contributed by atoms with Gasteiger partial charge in [0, 0.05) is 0 Å². The summed E-state index contributed by atoms with van der Waals surface area (Å²) in [5, 5.41) is 9.24. The predicted octanol–water partition coefficient (Wildman–Crippen LogP) is 1.92. The SMILES string of the molecule is O=C(O)C1C2C3C=CC(C3)C12C1CC1. The van der Waals surface area contributed by atoms with Crippen LogP contribution in [0.25, 0.3) is 0 Å². The molecule has 5 unspecified atom stereocenters. The van der Waals surface area contributed by atoms with E-state index in [1.54, 1.807) is 0 Å². The van der Waals surface area contributed by atoms with Gasteiger partial charge in [0.15, 0.2) is 0 Å². The maximum atomic E-state index is 11.2. The normalized spacial score (nSPS) is 57.4. The van der Waals surface area contributed by atoms with Gasteiger partial charge in [-0.3, -0.25) is 4.79 Å². The van der Waals surface area contributed by atoms with Crippen molar-refractivity contribution in [3.05, 3.63) is 12.2 Å². The van der Waals surface area contributed by atoms with E-state index in [1.807, 2.05) is 0 Å². The highest BCUT2D eigenvalue weighted by atomic mass is 16.4. The monoisotopic (exact) mass is 190 g/mol. The fourth-order valence-electron chi connectivity index (χ4n) is 4.70. The molecule has 0 aromatic carbocycles. The van der Waals surface area contributed by atoms with Crippen molar-refractivity contribution in [1.82, 2.24) is 0 Å². The fraction of sp³-hybridized carbons (Fsp3) is 0.750. The molecular formula is C12H14O2. The quantitative estimate of drug-likeness (QED) is 0.675. The van der Waals surface area contributed by atoms with E-state index in [-0.39, 0.29) is 11.3 Å². The molecule has 14 heavy (non-hydrogen) atoms. The fourth-order valence-corrected chi connectivity index (χ4v) is 4.70. The molecule has 4 aliphatic carbocycles. The van der Waals surface area contributed by atoms with E-state index in [9.17, 15) is 9.90 Å². The highest BCUT2D eigenvalue weighted by molar-refractivity contribution is 5.77. The third-order valence-electron chi connectivity index (χ3n) is 5.14. The van der Waals surface area contributed by atoms with E-state index in [0.717, 1.165) is 5.92 Å². The summed E-state index contributed by atoms with van der Waals surface area (Å²) in [7, 11) is 0. The van der Waals surface area contributed by atoms with Crippen LogP contribution >= 0.6 is 0 Å². The van der Waals surface area contributed by atoms with Gasteiger partial charge in [0.1, 0.15) is 0 Å². The highest BCUT2D eigenvalue weighted by Crippen LogP contribution is 2.82. The van der Waals surface area contributed by atoms with Crippen molar-refractivity contribution >= 4 is 5.97 Å². The first-order chi connectivity index (χ1) is 6.76. The van der Waals surface area contributed by atoms with Crippen LogP contribution in [-0.2, 0) is 4.79 Å². The Morgan fingerprint density at radius 1 is 1.36 bits per heavy atom. The molecular weight excluding hydrogens is 176 g/mol. The second-order valence-electron chi connectivity index (χ2n) is 5.51. The van der Waals surface area contributed by atoms with Gasteiger partial charge in [-0.2, -0.15) is 0 Å². The zero-order valence-electron chi connectivity index (χ0n) is 8.02. The van der Waals surface area contributed by atoms with Crippen LogP contribution in [0.2, 0.25) is 0 Å². The lowest BCUT2D eigenvalue weighted by atomic mass is 9.83. The average Bonchev–Trinajstić information content (AvgIpc) is 3.02. The van der Waals surface area contributed by atoms with E-state index in [4.69, 9.17) is 0 Å². The number of carboxylic acids is 1. The number of hydrogen-bond donors (Lipinski definition) is 1. The van der Waals surface area contributed by atoms with Crippen molar-refractivity contribution in [2.45, 2.75) is 19.3 Å². The molecule has 3 saturated carbocycles. The van der Waals surface area contributed by atoms with Crippen LogP contribution in [0.1, 0.15) is 19.3 Å². The second-order valence-corrected chi connectivity index (χ2v) is 5.51. The van der Waals surface area contributed by atoms with Crippen molar-refractivity contribution in [1.29, 1.82) is 0 Å². The third-order valence-corrected chi connectivity index (χ3v) is 5.14. The van der Waals surface area contributed by atoms with Gasteiger partial charge in [-0.25, -0.2) is 0 Å². The lowest BCUT2D eigenvalue weighted by Gasteiger charge is -2.20. The molecule has 3 fully saturated rings. The molecule has 4 rings (SSSR count). The topological polar surface area (TPSA) is 37.3 Å².